The van der Waals surface area contributed by atoms with Gasteiger partial charge in [-0.2, -0.15) is 0 Å². The van der Waals surface area contributed by atoms with Crippen molar-refractivity contribution in [1.29, 1.82) is 0 Å². The van der Waals surface area contributed by atoms with Gasteiger partial charge in [0, 0.05) is 6.42 Å². The Morgan fingerprint density at radius 3 is 2.88 bits per heavy atom. The third-order valence-corrected chi connectivity index (χ3v) is 2.16. The van der Waals surface area contributed by atoms with E-state index in [1.54, 1.807) is 30.4 Å². The first kappa shape index (κ1) is 12.3. The highest BCUT2D eigenvalue weighted by Gasteiger charge is 2.00. The molecule has 0 heterocycles. The molecular weight excluding hydrogens is 204 g/mol. The van der Waals surface area contributed by atoms with Crippen LogP contribution < -0.4 is 4.74 Å². The number of carbonyl (C=O) groups excluding carboxylic acids is 1. The summed E-state index contributed by atoms with van der Waals surface area (Å²) in [7, 11) is 1.49. The molecule has 0 unspecified atom stereocenters. The van der Waals surface area contributed by atoms with Gasteiger partial charge in [-0.1, -0.05) is 19.1 Å². The van der Waals surface area contributed by atoms with Crippen LogP contribution in [0.25, 0.3) is 6.08 Å². The van der Waals surface area contributed by atoms with Crippen molar-refractivity contribution in [2.75, 3.05) is 7.11 Å². The van der Waals surface area contributed by atoms with Gasteiger partial charge in [0.25, 0.3) is 0 Å². The maximum absolute atomic E-state index is 11.3. The van der Waals surface area contributed by atoms with Gasteiger partial charge in [0.1, 0.15) is 0 Å². The van der Waals surface area contributed by atoms with Crippen LogP contribution >= 0.6 is 0 Å². The number of ketones is 1. The van der Waals surface area contributed by atoms with Crippen molar-refractivity contribution < 1.29 is 14.6 Å². The lowest BCUT2D eigenvalue weighted by Crippen LogP contribution is -1.90. The van der Waals surface area contributed by atoms with Gasteiger partial charge < -0.3 is 9.84 Å². The van der Waals surface area contributed by atoms with Crippen molar-refractivity contribution in [3.63, 3.8) is 0 Å². The fourth-order valence-corrected chi connectivity index (χ4v) is 1.32. The summed E-state index contributed by atoms with van der Waals surface area (Å²) in [4.78, 5) is 11.3. The predicted octanol–water partition coefficient (Wildman–Crippen LogP) is 2.78. The van der Waals surface area contributed by atoms with Gasteiger partial charge in [-0.3, -0.25) is 4.79 Å². The molecule has 1 N–H and O–H groups in total. The van der Waals surface area contributed by atoms with Gasteiger partial charge in [-0.25, -0.2) is 0 Å². The predicted molar refractivity (Wildman–Crippen MR) is 63.6 cm³/mol. The molecule has 1 aromatic rings. The van der Waals surface area contributed by atoms with Gasteiger partial charge in [-0.15, -0.1) is 0 Å². The van der Waals surface area contributed by atoms with E-state index >= 15 is 0 Å². The Hall–Kier alpha value is -1.77. The second-order valence-corrected chi connectivity index (χ2v) is 3.48. The van der Waals surface area contributed by atoms with E-state index in [1.165, 1.54) is 7.11 Å². The molecule has 0 spiro atoms. The van der Waals surface area contributed by atoms with Crippen LogP contribution in [0.5, 0.6) is 11.5 Å². The molecule has 0 aliphatic heterocycles. The Kier molecular flexibility index (Phi) is 4.58. The van der Waals surface area contributed by atoms with Gasteiger partial charge in [0.05, 0.1) is 7.11 Å². The quantitative estimate of drug-likeness (QED) is 0.776. The number of phenolic OH excluding ortho intramolecular Hbond substituents is 1. The van der Waals surface area contributed by atoms with Crippen molar-refractivity contribution in [2.24, 2.45) is 0 Å². The molecule has 0 saturated heterocycles. The number of hydrogen-bond donors (Lipinski definition) is 1. The second-order valence-electron chi connectivity index (χ2n) is 3.48. The molecule has 0 saturated carbocycles. The third kappa shape index (κ3) is 3.42. The Bertz CT molecular complexity index is 394. The maximum atomic E-state index is 11.3. The number of benzene rings is 1. The summed E-state index contributed by atoms with van der Waals surface area (Å²) in [5, 5.41) is 9.38. The molecule has 1 aromatic carbocycles. The monoisotopic (exact) mass is 220 g/mol. The van der Waals surface area contributed by atoms with Gasteiger partial charge in [-0.05, 0) is 30.2 Å². The minimum Gasteiger partial charge on any atom is -0.504 e. The van der Waals surface area contributed by atoms with E-state index in [1.807, 2.05) is 6.92 Å². The van der Waals surface area contributed by atoms with Crippen LogP contribution in [0.2, 0.25) is 0 Å². The summed E-state index contributed by atoms with van der Waals surface area (Å²) < 4.78 is 4.97. The Morgan fingerprint density at radius 1 is 1.50 bits per heavy atom. The topological polar surface area (TPSA) is 46.5 Å². The van der Waals surface area contributed by atoms with Crippen molar-refractivity contribution in [3.8, 4) is 11.5 Å². The van der Waals surface area contributed by atoms with Crippen LogP contribution in [-0.2, 0) is 4.79 Å². The number of ether oxygens (including phenoxy) is 1. The molecule has 3 heteroatoms. The molecule has 0 fully saturated rings. The minimum atomic E-state index is 0.0968. The molecule has 0 amide bonds. The molecule has 0 radical (unpaired) electrons. The largest absolute Gasteiger partial charge is 0.504 e. The summed E-state index contributed by atoms with van der Waals surface area (Å²) in [5.41, 5.74) is 0.833. The maximum Gasteiger partial charge on any atom is 0.161 e. The second kappa shape index (κ2) is 5.95. The van der Waals surface area contributed by atoms with Crippen LogP contribution in [0.3, 0.4) is 0 Å². The summed E-state index contributed by atoms with van der Waals surface area (Å²) in [6.07, 6.45) is 4.68. The lowest BCUT2D eigenvalue weighted by atomic mass is 10.1. The minimum absolute atomic E-state index is 0.0968. The normalized spacial score (nSPS) is 10.6. The molecule has 1 rings (SSSR count). The number of hydrogen-bond acceptors (Lipinski definition) is 3. The average molecular weight is 220 g/mol. The molecule has 0 bridgehead atoms. The van der Waals surface area contributed by atoms with Crippen LogP contribution in [0, 0.1) is 0 Å². The summed E-state index contributed by atoms with van der Waals surface area (Å²) >= 11 is 0. The standard InChI is InChI=1S/C13H16O3/c1-3-4-11(14)7-5-10-6-8-12(15)13(9-10)16-2/h5-9,15H,3-4H2,1-2H3. The van der Waals surface area contributed by atoms with Crippen molar-refractivity contribution in [2.45, 2.75) is 19.8 Å². The smallest absolute Gasteiger partial charge is 0.161 e. The first-order chi connectivity index (χ1) is 7.67. The molecule has 0 atom stereocenters. The number of allylic oxidation sites excluding steroid dienone is 1. The molecule has 0 aromatic heterocycles. The van der Waals surface area contributed by atoms with Gasteiger partial charge >= 0.3 is 0 Å². The van der Waals surface area contributed by atoms with E-state index in [2.05, 4.69) is 0 Å². The van der Waals surface area contributed by atoms with Crippen molar-refractivity contribution in [3.05, 3.63) is 29.8 Å². The lowest BCUT2D eigenvalue weighted by Gasteiger charge is -2.03. The molecule has 16 heavy (non-hydrogen) atoms. The van der Waals surface area contributed by atoms with Crippen LogP contribution in [0.15, 0.2) is 24.3 Å². The fourth-order valence-electron chi connectivity index (χ4n) is 1.32. The zero-order chi connectivity index (χ0) is 12.0. The zero-order valence-corrected chi connectivity index (χ0v) is 9.56. The van der Waals surface area contributed by atoms with Gasteiger partial charge in [0.15, 0.2) is 17.3 Å². The van der Waals surface area contributed by atoms with Crippen molar-refractivity contribution in [1.82, 2.24) is 0 Å². The SMILES string of the molecule is CCCC(=O)C=Cc1ccc(O)c(OC)c1. The molecule has 0 aliphatic carbocycles. The molecule has 86 valence electrons. The highest BCUT2D eigenvalue weighted by Crippen LogP contribution is 2.26. The van der Waals surface area contributed by atoms with E-state index in [0.29, 0.717) is 12.2 Å². The van der Waals surface area contributed by atoms with Crippen LogP contribution in [-0.4, -0.2) is 18.0 Å². The average Bonchev–Trinajstić information content (AvgIpc) is 2.28. The van der Waals surface area contributed by atoms with E-state index in [9.17, 15) is 9.90 Å². The lowest BCUT2D eigenvalue weighted by molar-refractivity contribution is -0.114. The third-order valence-electron chi connectivity index (χ3n) is 2.16. The van der Waals surface area contributed by atoms with Crippen LogP contribution in [0.1, 0.15) is 25.3 Å². The fraction of sp³-hybridized carbons (Fsp3) is 0.308. The number of carbonyl (C=O) groups is 1. The Morgan fingerprint density at radius 2 is 2.25 bits per heavy atom. The number of methoxy groups -OCH3 is 1. The highest BCUT2D eigenvalue weighted by molar-refractivity contribution is 5.93. The zero-order valence-electron chi connectivity index (χ0n) is 9.56. The number of aromatic hydroxyl groups is 1. The Balaban J connectivity index is 2.78. The van der Waals surface area contributed by atoms with E-state index in [4.69, 9.17) is 4.74 Å². The Labute approximate surface area is 95.4 Å². The summed E-state index contributed by atoms with van der Waals surface area (Å²) in [5.74, 6) is 0.610. The number of phenols is 1. The molecular formula is C13H16O3. The highest BCUT2D eigenvalue weighted by atomic mass is 16.5. The van der Waals surface area contributed by atoms with Crippen LogP contribution in [0.4, 0.5) is 0 Å². The first-order valence-electron chi connectivity index (χ1n) is 5.25. The first-order valence-corrected chi connectivity index (χ1v) is 5.25. The molecule has 3 nitrogen and oxygen atoms in total. The molecule has 0 aliphatic rings. The summed E-state index contributed by atoms with van der Waals surface area (Å²) in [6.45, 7) is 1.97. The summed E-state index contributed by atoms with van der Waals surface area (Å²) in [6, 6.07) is 4.96. The van der Waals surface area contributed by atoms with E-state index in [-0.39, 0.29) is 11.5 Å². The van der Waals surface area contributed by atoms with Crippen molar-refractivity contribution >= 4 is 11.9 Å². The number of rotatable bonds is 5. The van der Waals surface area contributed by atoms with Gasteiger partial charge in [0.2, 0.25) is 0 Å². The van der Waals surface area contributed by atoms with E-state index in [0.717, 1.165) is 12.0 Å². The van der Waals surface area contributed by atoms with E-state index < -0.39 is 0 Å².